The Bertz CT molecular complexity index is 1060. The quantitative estimate of drug-likeness (QED) is 0.640. The summed E-state index contributed by atoms with van der Waals surface area (Å²) in [5.41, 5.74) is 6.01. The number of carbonyl (C=O) groups is 1. The van der Waals surface area contributed by atoms with Gasteiger partial charge in [0.15, 0.2) is 0 Å². The van der Waals surface area contributed by atoms with Crippen molar-refractivity contribution in [2.45, 2.75) is 46.0 Å². The number of hydrogen-bond donors (Lipinski definition) is 2. The molecule has 0 unspecified atom stereocenters. The van der Waals surface area contributed by atoms with E-state index in [1.807, 2.05) is 36.4 Å². The van der Waals surface area contributed by atoms with E-state index in [9.17, 15) is 9.59 Å². The average molecular weight is 389 g/mol. The molecule has 0 fully saturated rings. The van der Waals surface area contributed by atoms with Gasteiger partial charge in [0.1, 0.15) is 0 Å². The Balaban J connectivity index is 1.87. The molecule has 0 aliphatic heterocycles. The van der Waals surface area contributed by atoms with Crippen LogP contribution in [0.1, 0.15) is 44.4 Å². The van der Waals surface area contributed by atoms with Crippen molar-refractivity contribution < 1.29 is 4.79 Å². The van der Waals surface area contributed by atoms with Crippen molar-refractivity contribution in [1.82, 2.24) is 4.98 Å². The molecule has 2 aromatic carbocycles. The number of carbonyl (C=O) groups excluding carboxylic acids is 1. The summed E-state index contributed by atoms with van der Waals surface area (Å²) in [6.45, 7) is 8.06. The number of aromatic amines is 1. The molecule has 3 aromatic rings. The summed E-state index contributed by atoms with van der Waals surface area (Å²) in [5.74, 6) is -0.0693. The fourth-order valence-electron chi connectivity index (χ4n) is 3.32. The van der Waals surface area contributed by atoms with Crippen molar-refractivity contribution in [3.8, 4) is 11.1 Å². The summed E-state index contributed by atoms with van der Waals surface area (Å²) in [6, 6.07) is 18.1. The number of amides is 1. The SMILES string of the molecule is CC(=O)Nc1ccc(CCc2cc(-c3ccc[nH]c3=O)cc(C(C)(C)C)c2)cc1. The maximum absolute atomic E-state index is 12.3. The van der Waals surface area contributed by atoms with E-state index < -0.39 is 0 Å². The van der Waals surface area contributed by atoms with Crippen LogP contribution in [0.25, 0.3) is 11.1 Å². The van der Waals surface area contributed by atoms with Crippen molar-refractivity contribution in [3.63, 3.8) is 0 Å². The molecule has 0 bridgehead atoms. The molecule has 0 atom stereocenters. The second-order valence-corrected chi connectivity index (χ2v) is 8.46. The third kappa shape index (κ3) is 5.44. The molecule has 4 heteroatoms. The lowest BCUT2D eigenvalue weighted by atomic mass is 9.83. The van der Waals surface area contributed by atoms with E-state index in [-0.39, 0.29) is 16.9 Å². The Morgan fingerprint density at radius 3 is 2.28 bits per heavy atom. The van der Waals surface area contributed by atoms with Crippen molar-refractivity contribution in [2.75, 3.05) is 5.32 Å². The molecule has 1 heterocycles. The smallest absolute Gasteiger partial charge is 0.255 e. The molecule has 150 valence electrons. The molecule has 4 nitrogen and oxygen atoms in total. The number of aromatic nitrogens is 1. The Hall–Kier alpha value is -3.14. The highest BCUT2D eigenvalue weighted by atomic mass is 16.1. The van der Waals surface area contributed by atoms with Crippen molar-refractivity contribution in [2.24, 2.45) is 0 Å². The predicted octanol–water partition coefficient (Wildman–Crippen LogP) is 5.08. The molecule has 0 saturated carbocycles. The van der Waals surface area contributed by atoms with E-state index in [0.29, 0.717) is 5.56 Å². The first kappa shape index (κ1) is 20.6. The van der Waals surface area contributed by atoms with E-state index >= 15 is 0 Å². The monoisotopic (exact) mass is 388 g/mol. The number of nitrogens with one attached hydrogen (secondary N) is 2. The number of hydrogen-bond acceptors (Lipinski definition) is 2. The third-order valence-electron chi connectivity index (χ3n) is 4.96. The number of aryl methyl sites for hydroxylation is 2. The molecule has 0 aliphatic carbocycles. The lowest BCUT2D eigenvalue weighted by Gasteiger charge is -2.21. The Morgan fingerprint density at radius 1 is 0.966 bits per heavy atom. The number of anilines is 1. The van der Waals surface area contributed by atoms with Crippen LogP contribution in [0.5, 0.6) is 0 Å². The number of benzene rings is 2. The molecule has 0 saturated heterocycles. The maximum atomic E-state index is 12.3. The highest BCUT2D eigenvalue weighted by molar-refractivity contribution is 5.88. The lowest BCUT2D eigenvalue weighted by Crippen LogP contribution is -2.13. The van der Waals surface area contributed by atoms with Gasteiger partial charge in [-0.1, -0.05) is 51.1 Å². The average Bonchev–Trinajstić information content (AvgIpc) is 2.66. The van der Waals surface area contributed by atoms with Gasteiger partial charge < -0.3 is 10.3 Å². The van der Waals surface area contributed by atoms with Crippen LogP contribution in [-0.2, 0) is 23.1 Å². The largest absolute Gasteiger partial charge is 0.329 e. The Kier molecular flexibility index (Phi) is 6.02. The van der Waals surface area contributed by atoms with Crippen LogP contribution in [0.3, 0.4) is 0 Å². The molecule has 3 rings (SSSR count). The molecule has 0 radical (unpaired) electrons. The minimum atomic E-state index is -0.0712. The van der Waals surface area contributed by atoms with Gasteiger partial charge in [-0.05, 0) is 64.8 Å². The van der Waals surface area contributed by atoms with Crippen LogP contribution in [0, 0.1) is 0 Å². The van der Waals surface area contributed by atoms with Crippen molar-refractivity contribution in [1.29, 1.82) is 0 Å². The van der Waals surface area contributed by atoms with E-state index in [1.54, 1.807) is 6.20 Å². The zero-order valence-electron chi connectivity index (χ0n) is 17.5. The standard InChI is InChI=1S/C25H28N2O2/c1-17(28)27-22-11-9-18(10-12-22)7-8-19-14-20(16-21(15-19)25(2,3)4)23-6-5-13-26-24(23)29/h5-6,9-16H,7-8H2,1-4H3,(H,26,29)(H,27,28). The van der Waals surface area contributed by atoms with Crippen molar-refractivity contribution >= 4 is 11.6 Å². The second-order valence-electron chi connectivity index (χ2n) is 8.46. The van der Waals surface area contributed by atoms with Crippen LogP contribution in [0.2, 0.25) is 0 Å². The maximum Gasteiger partial charge on any atom is 0.255 e. The van der Waals surface area contributed by atoms with E-state index in [4.69, 9.17) is 0 Å². The van der Waals surface area contributed by atoms with Gasteiger partial charge in [-0.15, -0.1) is 0 Å². The minimum Gasteiger partial charge on any atom is -0.329 e. The zero-order chi connectivity index (χ0) is 21.0. The van der Waals surface area contributed by atoms with Gasteiger partial charge in [-0.3, -0.25) is 9.59 Å². The topological polar surface area (TPSA) is 62.0 Å². The minimum absolute atomic E-state index is 0.00763. The van der Waals surface area contributed by atoms with Crippen molar-refractivity contribution in [3.05, 3.63) is 87.8 Å². The zero-order valence-corrected chi connectivity index (χ0v) is 17.5. The summed E-state index contributed by atoms with van der Waals surface area (Å²) < 4.78 is 0. The normalized spacial score (nSPS) is 11.3. The number of H-pyrrole nitrogens is 1. The summed E-state index contributed by atoms with van der Waals surface area (Å²) in [6.07, 6.45) is 3.42. The van der Waals surface area contributed by atoms with Gasteiger partial charge >= 0.3 is 0 Å². The Morgan fingerprint density at radius 2 is 1.66 bits per heavy atom. The molecule has 0 aliphatic rings. The van der Waals surface area contributed by atoms with Crippen LogP contribution in [0.15, 0.2) is 65.6 Å². The van der Waals surface area contributed by atoms with E-state index in [0.717, 1.165) is 24.1 Å². The second kappa shape index (κ2) is 8.48. The van der Waals surface area contributed by atoms with Gasteiger partial charge in [-0.2, -0.15) is 0 Å². The highest BCUT2D eigenvalue weighted by Gasteiger charge is 2.16. The number of rotatable bonds is 5. The summed E-state index contributed by atoms with van der Waals surface area (Å²) in [7, 11) is 0. The summed E-state index contributed by atoms with van der Waals surface area (Å²) in [4.78, 5) is 26.2. The lowest BCUT2D eigenvalue weighted by molar-refractivity contribution is -0.114. The van der Waals surface area contributed by atoms with E-state index in [2.05, 4.69) is 49.3 Å². The van der Waals surface area contributed by atoms with Gasteiger partial charge in [0.25, 0.3) is 5.56 Å². The Labute approximate surface area is 172 Å². The predicted molar refractivity (Wildman–Crippen MR) is 119 cm³/mol. The van der Waals surface area contributed by atoms with Crippen LogP contribution in [-0.4, -0.2) is 10.9 Å². The molecule has 2 N–H and O–H groups in total. The molecule has 1 amide bonds. The summed E-state index contributed by atoms with van der Waals surface area (Å²) in [5, 5.41) is 2.79. The molecule has 0 spiro atoms. The van der Waals surface area contributed by atoms with Crippen LogP contribution < -0.4 is 10.9 Å². The van der Waals surface area contributed by atoms with E-state index in [1.165, 1.54) is 23.6 Å². The van der Waals surface area contributed by atoms with Gasteiger partial charge in [0, 0.05) is 24.4 Å². The molecular weight excluding hydrogens is 360 g/mol. The fraction of sp³-hybridized carbons (Fsp3) is 0.280. The van der Waals surface area contributed by atoms with Gasteiger partial charge in [0.05, 0.1) is 0 Å². The highest BCUT2D eigenvalue weighted by Crippen LogP contribution is 2.29. The van der Waals surface area contributed by atoms with Crippen LogP contribution >= 0.6 is 0 Å². The van der Waals surface area contributed by atoms with Crippen LogP contribution in [0.4, 0.5) is 5.69 Å². The fourth-order valence-corrected chi connectivity index (χ4v) is 3.32. The first-order chi connectivity index (χ1) is 13.7. The first-order valence-electron chi connectivity index (χ1n) is 9.91. The first-order valence-corrected chi connectivity index (χ1v) is 9.91. The summed E-state index contributed by atoms with van der Waals surface area (Å²) >= 11 is 0. The third-order valence-corrected chi connectivity index (χ3v) is 4.96. The number of pyridine rings is 1. The molecular formula is C25H28N2O2. The van der Waals surface area contributed by atoms with Gasteiger partial charge in [0.2, 0.25) is 5.91 Å². The molecule has 1 aromatic heterocycles. The molecule has 29 heavy (non-hydrogen) atoms. The van der Waals surface area contributed by atoms with Gasteiger partial charge in [-0.25, -0.2) is 0 Å².